The second kappa shape index (κ2) is 6.05. The number of fused-ring (bicyclic) bond motifs is 1. The molecule has 2 N–H and O–H groups in total. The summed E-state index contributed by atoms with van der Waals surface area (Å²) in [6.45, 7) is 1.91. The number of hydrogen-bond acceptors (Lipinski definition) is 4. The van der Waals surface area contributed by atoms with Crippen molar-refractivity contribution in [3.05, 3.63) is 29.6 Å². The number of carbonyl (C=O) groups excluding carboxylic acids is 1. The number of nitrogens with zero attached hydrogens (tertiary/aromatic N) is 2. The number of imidazole rings is 1. The van der Waals surface area contributed by atoms with Crippen molar-refractivity contribution in [3.8, 4) is 0 Å². The molecule has 1 atom stereocenters. The standard InChI is InChI=1S/C15H19N3O3/c1-9-17-12-8-10(4-6-13(12)18(9)3)15(21)11(16-2)5-7-14(19)20/h4,6,8,11,16H,5,7H2,1-3H3,(H,19,20). The number of carboxylic acids is 1. The molecule has 0 fully saturated rings. The van der Waals surface area contributed by atoms with Gasteiger partial charge in [-0.15, -0.1) is 0 Å². The Hall–Kier alpha value is -2.21. The minimum absolute atomic E-state index is 0.0395. The first-order valence-electron chi connectivity index (χ1n) is 6.80. The number of likely N-dealkylation sites (N-methyl/N-ethyl adjacent to an activating group) is 1. The van der Waals surface area contributed by atoms with Crippen LogP contribution in [0.25, 0.3) is 11.0 Å². The van der Waals surface area contributed by atoms with Crippen molar-refractivity contribution in [2.24, 2.45) is 7.05 Å². The van der Waals surface area contributed by atoms with Gasteiger partial charge in [0.2, 0.25) is 0 Å². The number of carboxylic acid groups (broad SMARTS) is 1. The van der Waals surface area contributed by atoms with Crippen molar-refractivity contribution in [1.82, 2.24) is 14.9 Å². The van der Waals surface area contributed by atoms with Gasteiger partial charge in [0.05, 0.1) is 17.1 Å². The first kappa shape index (κ1) is 15.2. The lowest BCUT2D eigenvalue weighted by molar-refractivity contribution is -0.137. The van der Waals surface area contributed by atoms with Crippen molar-refractivity contribution in [1.29, 1.82) is 0 Å². The molecule has 0 amide bonds. The van der Waals surface area contributed by atoms with E-state index in [9.17, 15) is 9.59 Å². The largest absolute Gasteiger partial charge is 0.481 e. The van der Waals surface area contributed by atoms with E-state index in [1.54, 1.807) is 19.2 Å². The number of nitrogens with one attached hydrogen (secondary N) is 1. The zero-order valence-electron chi connectivity index (χ0n) is 12.4. The maximum absolute atomic E-state index is 12.4. The van der Waals surface area contributed by atoms with E-state index in [1.165, 1.54) is 0 Å². The minimum Gasteiger partial charge on any atom is -0.481 e. The van der Waals surface area contributed by atoms with Crippen molar-refractivity contribution < 1.29 is 14.7 Å². The number of ketones is 1. The fourth-order valence-corrected chi connectivity index (χ4v) is 2.35. The molecule has 1 aromatic carbocycles. The predicted octanol–water partition coefficient (Wildman–Crippen LogP) is 1.52. The lowest BCUT2D eigenvalue weighted by Crippen LogP contribution is -2.34. The van der Waals surface area contributed by atoms with E-state index in [0.29, 0.717) is 5.56 Å². The highest BCUT2D eigenvalue weighted by Crippen LogP contribution is 2.18. The smallest absolute Gasteiger partial charge is 0.303 e. The number of Topliss-reactive ketones (excluding diaryl/α,β-unsaturated/α-hetero) is 1. The molecule has 0 spiro atoms. The van der Waals surface area contributed by atoms with Gasteiger partial charge in [-0.2, -0.15) is 0 Å². The second-order valence-electron chi connectivity index (χ2n) is 5.06. The maximum Gasteiger partial charge on any atom is 0.303 e. The maximum atomic E-state index is 12.4. The normalized spacial score (nSPS) is 12.5. The molecule has 0 saturated carbocycles. The molecular formula is C15H19N3O3. The number of aryl methyl sites for hydroxylation is 2. The third-order valence-electron chi connectivity index (χ3n) is 3.70. The molecule has 2 rings (SSSR count). The van der Waals surface area contributed by atoms with Crippen LogP contribution in [-0.2, 0) is 11.8 Å². The third-order valence-corrected chi connectivity index (χ3v) is 3.70. The van der Waals surface area contributed by atoms with Crippen LogP contribution >= 0.6 is 0 Å². The highest BCUT2D eigenvalue weighted by atomic mass is 16.4. The Morgan fingerprint density at radius 1 is 1.43 bits per heavy atom. The summed E-state index contributed by atoms with van der Waals surface area (Å²) in [6.07, 6.45) is 0.228. The van der Waals surface area contributed by atoms with Crippen LogP contribution in [0.1, 0.15) is 29.0 Å². The Morgan fingerprint density at radius 2 is 2.14 bits per heavy atom. The van der Waals surface area contributed by atoms with E-state index in [2.05, 4.69) is 10.3 Å². The summed E-state index contributed by atoms with van der Waals surface area (Å²) >= 11 is 0. The van der Waals surface area contributed by atoms with E-state index in [0.717, 1.165) is 16.9 Å². The number of aromatic nitrogens is 2. The molecular weight excluding hydrogens is 270 g/mol. The van der Waals surface area contributed by atoms with Crippen LogP contribution in [0.15, 0.2) is 18.2 Å². The molecule has 6 heteroatoms. The summed E-state index contributed by atoms with van der Waals surface area (Å²) in [7, 11) is 3.59. The molecule has 6 nitrogen and oxygen atoms in total. The Kier molecular flexibility index (Phi) is 4.37. The molecule has 0 aliphatic heterocycles. The van der Waals surface area contributed by atoms with E-state index >= 15 is 0 Å². The fourth-order valence-electron chi connectivity index (χ4n) is 2.35. The predicted molar refractivity (Wildman–Crippen MR) is 79.5 cm³/mol. The van der Waals surface area contributed by atoms with Crippen LogP contribution in [0.5, 0.6) is 0 Å². The molecule has 0 aliphatic carbocycles. The molecule has 1 heterocycles. The molecule has 0 saturated heterocycles. The summed E-state index contributed by atoms with van der Waals surface area (Å²) in [5.74, 6) is -0.131. The van der Waals surface area contributed by atoms with Crippen LogP contribution in [0.3, 0.4) is 0 Å². The van der Waals surface area contributed by atoms with E-state index in [-0.39, 0.29) is 18.6 Å². The van der Waals surface area contributed by atoms with Gasteiger partial charge in [0, 0.05) is 19.0 Å². The van der Waals surface area contributed by atoms with E-state index in [4.69, 9.17) is 5.11 Å². The molecule has 112 valence electrons. The lowest BCUT2D eigenvalue weighted by Gasteiger charge is -2.13. The van der Waals surface area contributed by atoms with Gasteiger partial charge in [-0.05, 0) is 38.6 Å². The molecule has 1 aromatic heterocycles. The molecule has 2 aromatic rings. The molecule has 21 heavy (non-hydrogen) atoms. The summed E-state index contributed by atoms with van der Waals surface area (Å²) in [5, 5.41) is 11.6. The zero-order valence-corrected chi connectivity index (χ0v) is 12.4. The van der Waals surface area contributed by atoms with Crippen molar-refractivity contribution in [2.45, 2.75) is 25.8 Å². The average molecular weight is 289 g/mol. The number of hydrogen-bond donors (Lipinski definition) is 2. The highest BCUT2D eigenvalue weighted by Gasteiger charge is 2.20. The third kappa shape index (κ3) is 3.11. The Labute approximate surface area is 122 Å². The molecule has 0 radical (unpaired) electrons. The van der Waals surface area contributed by atoms with Gasteiger partial charge >= 0.3 is 5.97 Å². The first-order valence-corrected chi connectivity index (χ1v) is 6.80. The average Bonchev–Trinajstić information content (AvgIpc) is 2.73. The summed E-state index contributed by atoms with van der Waals surface area (Å²) in [5.41, 5.74) is 2.29. The minimum atomic E-state index is -0.904. The van der Waals surface area contributed by atoms with Crippen LogP contribution in [0, 0.1) is 6.92 Å². The summed E-state index contributed by atoms with van der Waals surface area (Å²) in [6, 6.07) is 4.89. The summed E-state index contributed by atoms with van der Waals surface area (Å²) in [4.78, 5) is 27.5. The first-order chi connectivity index (χ1) is 9.93. The van der Waals surface area contributed by atoms with E-state index < -0.39 is 12.0 Å². The quantitative estimate of drug-likeness (QED) is 0.788. The van der Waals surface area contributed by atoms with Crippen LogP contribution in [-0.4, -0.2) is 39.5 Å². The fraction of sp³-hybridized carbons (Fsp3) is 0.400. The lowest BCUT2D eigenvalue weighted by atomic mass is 10.00. The SMILES string of the molecule is CNC(CCC(=O)O)C(=O)c1ccc2c(c1)nc(C)n2C. The number of benzene rings is 1. The van der Waals surface area contributed by atoms with Gasteiger partial charge in [-0.3, -0.25) is 9.59 Å². The van der Waals surface area contributed by atoms with Gasteiger partial charge in [-0.1, -0.05) is 0 Å². The van der Waals surface area contributed by atoms with Gasteiger partial charge in [0.1, 0.15) is 5.82 Å². The van der Waals surface area contributed by atoms with Gasteiger partial charge in [-0.25, -0.2) is 4.98 Å². The van der Waals surface area contributed by atoms with Crippen LogP contribution < -0.4 is 5.32 Å². The second-order valence-corrected chi connectivity index (χ2v) is 5.06. The highest BCUT2D eigenvalue weighted by molar-refractivity contribution is 6.02. The molecule has 0 aliphatic rings. The van der Waals surface area contributed by atoms with Gasteiger partial charge < -0.3 is 15.0 Å². The van der Waals surface area contributed by atoms with Gasteiger partial charge in [0.15, 0.2) is 5.78 Å². The van der Waals surface area contributed by atoms with Crippen LogP contribution in [0.2, 0.25) is 0 Å². The zero-order chi connectivity index (χ0) is 15.6. The Morgan fingerprint density at radius 3 is 2.76 bits per heavy atom. The van der Waals surface area contributed by atoms with Crippen molar-refractivity contribution >= 4 is 22.8 Å². The monoisotopic (exact) mass is 289 g/mol. The van der Waals surface area contributed by atoms with Gasteiger partial charge in [0.25, 0.3) is 0 Å². The van der Waals surface area contributed by atoms with E-state index in [1.807, 2.05) is 24.6 Å². The van der Waals surface area contributed by atoms with Crippen LogP contribution in [0.4, 0.5) is 0 Å². The topological polar surface area (TPSA) is 84.2 Å². The van der Waals surface area contributed by atoms with Crippen molar-refractivity contribution in [2.75, 3.05) is 7.05 Å². The number of carbonyl (C=O) groups is 2. The molecule has 1 unspecified atom stereocenters. The van der Waals surface area contributed by atoms with Crippen molar-refractivity contribution in [3.63, 3.8) is 0 Å². The molecule has 0 bridgehead atoms. The Balaban J connectivity index is 2.27. The Bertz CT molecular complexity index is 691. The number of rotatable bonds is 6. The number of aliphatic carboxylic acids is 1. The summed E-state index contributed by atoms with van der Waals surface area (Å²) < 4.78 is 1.96.